The molecule has 1 aliphatic rings. The van der Waals surface area contributed by atoms with Gasteiger partial charge in [-0.3, -0.25) is 4.79 Å². The van der Waals surface area contributed by atoms with Gasteiger partial charge in [0, 0.05) is 19.2 Å². The molecule has 7 nitrogen and oxygen atoms in total. The van der Waals surface area contributed by atoms with Crippen LogP contribution in [-0.2, 0) is 6.54 Å². The number of ether oxygens (including phenoxy) is 2. The van der Waals surface area contributed by atoms with Crippen LogP contribution in [0, 0.1) is 12.8 Å². The molecule has 1 aromatic carbocycles. The molecule has 0 bridgehead atoms. The third-order valence-electron chi connectivity index (χ3n) is 3.99. The van der Waals surface area contributed by atoms with Gasteiger partial charge in [0.25, 0.3) is 5.91 Å². The average molecular weight is 356 g/mol. The van der Waals surface area contributed by atoms with Gasteiger partial charge in [-0.05, 0) is 37.0 Å². The number of hydrogen-bond donors (Lipinski definition) is 2. The number of carbonyl (C=O) groups is 1. The molecule has 0 saturated carbocycles. The molecule has 0 unspecified atom stereocenters. The number of anilines is 1. The molecule has 1 aliphatic heterocycles. The van der Waals surface area contributed by atoms with E-state index in [1.54, 1.807) is 13.0 Å². The molecule has 3 rings (SSSR count). The van der Waals surface area contributed by atoms with Crippen LogP contribution in [0.2, 0.25) is 0 Å². The first-order valence-electron chi connectivity index (χ1n) is 8.77. The van der Waals surface area contributed by atoms with E-state index in [2.05, 4.69) is 34.4 Å². The standard InChI is InChI=1S/C19H24N4O3/c1-12(2)6-7-20-19(24)15-9-18(23-13(3)22-15)21-10-14-4-5-16-17(8-14)26-11-25-16/h4-5,8-9,12H,6-7,10-11H2,1-3H3,(H,20,24)(H,21,22,23). The summed E-state index contributed by atoms with van der Waals surface area (Å²) in [5.74, 6) is 3.03. The SMILES string of the molecule is Cc1nc(NCc2ccc3c(c2)OCO3)cc(C(=O)NCCC(C)C)n1. The summed E-state index contributed by atoms with van der Waals surface area (Å²) < 4.78 is 10.7. The summed E-state index contributed by atoms with van der Waals surface area (Å²) in [5, 5.41) is 6.13. The van der Waals surface area contributed by atoms with Crippen molar-refractivity contribution in [1.29, 1.82) is 0 Å². The Morgan fingerprint density at radius 1 is 1.19 bits per heavy atom. The molecule has 138 valence electrons. The summed E-state index contributed by atoms with van der Waals surface area (Å²) in [6.07, 6.45) is 0.936. The molecule has 1 amide bonds. The van der Waals surface area contributed by atoms with Crippen LogP contribution < -0.4 is 20.1 Å². The maximum absolute atomic E-state index is 12.3. The molecule has 0 spiro atoms. The lowest BCUT2D eigenvalue weighted by molar-refractivity contribution is 0.0946. The number of benzene rings is 1. The number of carbonyl (C=O) groups excluding carboxylic acids is 1. The lowest BCUT2D eigenvalue weighted by Gasteiger charge is -2.10. The van der Waals surface area contributed by atoms with E-state index in [0.29, 0.717) is 36.3 Å². The van der Waals surface area contributed by atoms with E-state index in [9.17, 15) is 4.79 Å². The first kappa shape index (κ1) is 18.0. The molecule has 2 N–H and O–H groups in total. The zero-order chi connectivity index (χ0) is 18.5. The van der Waals surface area contributed by atoms with E-state index in [-0.39, 0.29) is 12.7 Å². The fourth-order valence-electron chi connectivity index (χ4n) is 2.58. The maximum atomic E-state index is 12.3. The largest absolute Gasteiger partial charge is 0.454 e. The number of rotatable bonds is 7. The Labute approximate surface area is 153 Å². The molecule has 0 aliphatic carbocycles. The predicted molar refractivity (Wildman–Crippen MR) is 98.4 cm³/mol. The Balaban J connectivity index is 1.63. The van der Waals surface area contributed by atoms with Crippen LogP contribution in [0.15, 0.2) is 24.3 Å². The van der Waals surface area contributed by atoms with Crippen molar-refractivity contribution in [2.24, 2.45) is 5.92 Å². The first-order chi connectivity index (χ1) is 12.5. The third-order valence-corrected chi connectivity index (χ3v) is 3.99. The second-order valence-corrected chi connectivity index (χ2v) is 6.67. The van der Waals surface area contributed by atoms with Gasteiger partial charge < -0.3 is 20.1 Å². The van der Waals surface area contributed by atoms with E-state index in [0.717, 1.165) is 23.5 Å². The Morgan fingerprint density at radius 2 is 2.00 bits per heavy atom. The van der Waals surface area contributed by atoms with Crippen LogP contribution in [0.25, 0.3) is 0 Å². The highest BCUT2D eigenvalue weighted by molar-refractivity contribution is 5.92. The number of nitrogens with one attached hydrogen (secondary N) is 2. The van der Waals surface area contributed by atoms with Gasteiger partial charge in [-0.15, -0.1) is 0 Å². The molecule has 0 saturated heterocycles. The van der Waals surface area contributed by atoms with Crippen LogP contribution in [0.4, 0.5) is 5.82 Å². The van der Waals surface area contributed by atoms with Crippen molar-refractivity contribution in [2.45, 2.75) is 33.7 Å². The summed E-state index contributed by atoms with van der Waals surface area (Å²) in [7, 11) is 0. The van der Waals surface area contributed by atoms with E-state index in [1.165, 1.54) is 0 Å². The van der Waals surface area contributed by atoms with Gasteiger partial charge in [0.05, 0.1) is 0 Å². The number of fused-ring (bicyclic) bond motifs is 1. The number of nitrogens with zero attached hydrogens (tertiary/aromatic N) is 2. The summed E-state index contributed by atoms with van der Waals surface area (Å²) in [6.45, 7) is 7.47. The lowest BCUT2D eigenvalue weighted by atomic mass is 10.1. The highest BCUT2D eigenvalue weighted by Crippen LogP contribution is 2.32. The molecule has 0 atom stereocenters. The minimum Gasteiger partial charge on any atom is -0.454 e. The van der Waals surface area contributed by atoms with Crippen molar-refractivity contribution in [3.63, 3.8) is 0 Å². The Morgan fingerprint density at radius 3 is 2.81 bits per heavy atom. The number of aromatic nitrogens is 2. The molecule has 0 radical (unpaired) electrons. The fourth-order valence-corrected chi connectivity index (χ4v) is 2.58. The zero-order valence-corrected chi connectivity index (χ0v) is 15.3. The van der Waals surface area contributed by atoms with E-state index >= 15 is 0 Å². The van der Waals surface area contributed by atoms with Gasteiger partial charge in [0.15, 0.2) is 11.5 Å². The highest BCUT2D eigenvalue weighted by Gasteiger charge is 2.14. The van der Waals surface area contributed by atoms with Gasteiger partial charge >= 0.3 is 0 Å². The van der Waals surface area contributed by atoms with Crippen molar-refractivity contribution in [3.05, 3.63) is 41.3 Å². The normalized spacial score (nSPS) is 12.3. The fraction of sp³-hybridized carbons (Fsp3) is 0.421. The highest BCUT2D eigenvalue weighted by atomic mass is 16.7. The van der Waals surface area contributed by atoms with Crippen LogP contribution in [0.5, 0.6) is 11.5 Å². The van der Waals surface area contributed by atoms with Crippen LogP contribution >= 0.6 is 0 Å². The van der Waals surface area contributed by atoms with Crippen LogP contribution in [0.1, 0.15) is 42.1 Å². The number of aryl methyl sites for hydroxylation is 1. The molecule has 1 aromatic heterocycles. The molecule has 2 heterocycles. The maximum Gasteiger partial charge on any atom is 0.270 e. The Bertz CT molecular complexity index is 792. The monoisotopic (exact) mass is 356 g/mol. The molecule has 26 heavy (non-hydrogen) atoms. The number of hydrogen-bond acceptors (Lipinski definition) is 6. The smallest absolute Gasteiger partial charge is 0.270 e. The summed E-state index contributed by atoms with van der Waals surface area (Å²) >= 11 is 0. The van der Waals surface area contributed by atoms with Gasteiger partial charge in [-0.25, -0.2) is 9.97 Å². The van der Waals surface area contributed by atoms with Gasteiger partial charge in [0.1, 0.15) is 17.3 Å². The minimum atomic E-state index is -0.178. The topological polar surface area (TPSA) is 85.4 Å². The van der Waals surface area contributed by atoms with E-state index in [1.807, 2.05) is 18.2 Å². The van der Waals surface area contributed by atoms with E-state index < -0.39 is 0 Å². The first-order valence-corrected chi connectivity index (χ1v) is 8.77. The van der Waals surface area contributed by atoms with Gasteiger partial charge in [-0.1, -0.05) is 19.9 Å². The number of amides is 1. The summed E-state index contributed by atoms with van der Waals surface area (Å²) in [6, 6.07) is 7.46. The minimum absolute atomic E-state index is 0.178. The van der Waals surface area contributed by atoms with Crippen molar-refractivity contribution in [3.8, 4) is 11.5 Å². The predicted octanol–water partition coefficient (Wildman–Crippen LogP) is 2.90. The molecule has 2 aromatic rings. The molecular formula is C19H24N4O3. The average Bonchev–Trinajstić information content (AvgIpc) is 3.07. The lowest BCUT2D eigenvalue weighted by Crippen LogP contribution is -2.26. The zero-order valence-electron chi connectivity index (χ0n) is 15.3. The van der Waals surface area contributed by atoms with Gasteiger partial charge in [-0.2, -0.15) is 0 Å². The van der Waals surface area contributed by atoms with Crippen molar-refractivity contribution >= 4 is 11.7 Å². The third kappa shape index (κ3) is 4.62. The van der Waals surface area contributed by atoms with Crippen molar-refractivity contribution in [2.75, 3.05) is 18.7 Å². The molecular weight excluding hydrogens is 332 g/mol. The summed E-state index contributed by atoms with van der Waals surface area (Å²) in [5.41, 5.74) is 1.41. The van der Waals surface area contributed by atoms with Crippen LogP contribution in [-0.4, -0.2) is 29.2 Å². The molecule has 0 fully saturated rings. The Kier molecular flexibility index (Phi) is 5.55. The quantitative estimate of drug-likeness (QED) is 0.793. The Hall–Kier alpha value is -2.83. The van der Waals surface area contributed by atoms with Crippen molar-refractivity contribution < 1.29 is 14.3 Å². The van der Waals surface area contributed by atoms with Gasteiger partial charge in [0.2, 0.25) is 6.79 Å². The second kappa shape index (κ2) is 8.03. The second-order valence-electron chi connectivity index (χ2n) is 6.67. The summed E-state index contributed by atoms with van der Waals surface area (Å²) in [4.78, 5) is 20.9. The van der Waals surface area contributed by atoms with Crippen molar-refractivity contribution in [1.82, 2.24) is 15.3 Å². The van der Waals surface area contributed by atoms with E-state index in [4.69, 9.17) is 9.47 Å². The molecule has 7 heteroatoms. The van der Waals surface area contributed by atoms with Crippen LogP contribution in [0.3, 0.4) is 0 Å².